The molecule has 1 N–H and O–H groups in total. The van der Waals surface area contributed by atoms with E-state index in [0.717, 1.165) is 25.2 Å². The third kappa shape index (κ3) is 6.01. The van der Waals surface area contributed by atoms with Crippen LogP contribution in [0.15, 0.2) is 60.7 Å². The van der Waals surface area contributed by atoms with Gasteiger partial charge in [0.15, 0.2) is 12.2 Å². The smallest absolute Gasteiger partial charge is 0.255 e. The van der Waals surface area contributed by atoms with Crippen LogP contribution < -0.4 is 5.32 Å². The molecule has 180 valence electrons. The Morgan fingerprint density at radius 3 is 2.09 bits per heavy atom. The molecule has 0 aromatic heterocycles. The fraction of sp³-hybridized carbons (Fsp3) is 0.423. The van der Waals surface area contributed by atoms with Gasteiger partial charge >= 0.3 is 0 Å². The molecule has 0 radical (unpaired) electrons. The second-order valence-corrected chi connectivity index (χ2v) is 9.05. The van der Waals surface area contributed by atoms with Gasteiger partial charge in [-0.05, 0) is 11.1 Å². The molecular weight excluding hydrogens is 432 g/mol. The first-order chi connectivity index (χ1) is 16.4. The maximum Gasteiger partial charge on any atom is 0.255 e. The van der Waals surface area contributed by atoms with E-state index in [-0.39, 0.29) is 11.8 Å². The molecule has 2 aliphatic rings. The van der Waals surface area contributed by atoms with Crippen molar-refractivity contribution in [1.29, 1.82) is 0 Å². The molecule has 0 spiro atoms. The van der Waals surface area contributed by atoms with E-state index in [4.69, 9.17) is 4.74 Å². The average molecular weight is 465 g/mol. The normalized spacial score (nSPS) is 20.9. The van der Waals surface area contributed by atoms with Crippen molar-refractivity contribution < 1.29 is 19.1 Å². The van der Waals surface area contributed by atoms with Crippen molar-refractivity contribution in [2.45, 2.75) is 31.2 Å². The predicted molar refractivity (Wildman–Crippen MR) is 128 cm³/mol. The SMILES string of the molecule is CN(C)C(=O)[C@H](Cc1ccccc1)NC(=O)C1OC1C(=O)N1CCN(Cc2ccccc2)CC1. The topological polar surface area (TPSA) is 85.5 Å². The number of nitrogens with one attached hydrogen (secondary N) is 1. The molecule has 2 heterocycles. The summed E-state index contributed by atoms with van der Waals surface area (Å²) in [7, 11) is 3.31. The summed E-state index contributed by atoms with van der Waals surface area (Å²) < 4.78 is 5.47. The van der Waals surface area contributed by atoms with Crippen molar-refractivity contribution in [3.05, 3.63) is 71.8 Å². The number of amides is 3. The van der Waals surface area contributed by atoms with E-state index in [1.807, 2.05) is 48.5 Å². The number of benzene rings is 2. The van der Waals surface area contributed by atoms with Crippen molar-refractivity contribution >= 4 is 17.7 Å². The number of hydrogen-bond donors (Lipinski definition) is 1. The van der Waals surface area contributed by atoms with Crippen LogP contribution in [0, 0.1) is 0 Å². The zero-order valence-corrected chi connectivity index (χ0v) is 19.7. The Hall–Kier alpha value is -3.23. The minimum atomic E-state index is -0.844. The Bertz CT molecular complexity index is 990. The van der Waals surface area contributed by atoms with Crippen molar-refractivity contribution in [3.8, 4) is 0 Å². The molecule has 0 aliphatic carbocycles. The minimum Gasteiger partial charge on any atom is -0.349 e. The highest BCUT2D eigenvalue weighted by Gasteiger charge is 2.52. The quantitative estimate of drug-likeness (QED) is 0.587. The number of nitrogens with zero attached hydrogens (tertiary/aromatic N) is 3. The van der Waals surface area contributed by atoms with E-state index in [0.29, 0.717) is 19.5 Å². The summed E-state index contributed by atoms with van der Waals surface area (Å²) in [6.07, 6.45) is -1.24. The third-order valence-electron chi connectivity index (χ3n) is 6.26. The molecule has 34 heavy (non-hydrogen) atoms. The van der Waals surface area contributed by atoms with Crippen LogP contribution in [0.25, 0.3) is 0 Å². The molecule has 2 aliphatic heterocycles. The van der Waals surface area contributed by atoms with E-state index in [9.17, 15) is 14.4 Å². The van der Waals surface area contributed by atoms with Gasteiger partial charge in [-0.1, -0.05) is 60.7 Å². The van der Waals surface area contributed by atoms with Crippen LogP contribution in [0.5, 0.6) is 0 Å². The van der Waals surface area contributed by atoms with Gasteiger partial charge in [-0.3, -0.25) is 19.3 Å². The molecule has 3 amide bonds. The van der Waals surface area contributed by atoms with Gasteiger partial charge in [0.05, 0.1) is 0 Å². The molecule has 2 aromatic carbocycles. The van der Waals surface area contributed by atoms with Crippen molar-refractivity contribution in [2.24, 2.45) is 0 Å². The van der Waals surface area contributed by atoms with Crippen LogP contribution in [0.4, 0.5) is 0 Å². The molecular formula is C26H32N4O4. The summed E-state index contributed by atoms with van der Waals surface area (Å²) in [5.41, 5.74) is 2.20. The van der Waals surface area contributed by atoms with Gasteiger partial charge in [-0.2, -0.15) is 0 Å². The Morgan fingerprint density at radius 1 is 0.912 bits per heavy atom. The number of carbonyl (C=O) groups excluding carboxylic acids is 3. The van der Waals surface area contributed by atoms with Crippen molar-refractivity contribution in [1.82, 2.24) is 20.0 Å². The lowest BCUT2D eigenvalue weighted by molar-refractivity contribution is -0.135. The molecule has 0 saturated carbocycles. The van der Waals surface area contributed by atoms with Gasteiger partial charge in [-0.15, -0.1) is 0 Å². The highest BCUT2D eigenvalue weighted by molar-refractivity contribution is 5.97. The number of rotatable bonds is 8. The van der Waals surface area contributed by atoms with Gasteiger partial charge in [0.25, 0.3) is 11.8 Å². The maximum atomic E-state index is 12.9. The summed E-state index contributed by atoms with van der Waals surface area (Å²) >= 11 is 0. The van der Waals surface area contributed by atoms with Crippen LogP contribution in [0.3, 0.4) is 0 Å². The van der Waals surface area contributed by atoms with Gasteiger partial charge < -0.3 is 19.9 Å². The predicted octanol–water partition coefficient (Wildman–Crippen LogP) is 0.914. The summed E-state index contributed by atoms with van der Waals surface area (Å²) in [4.78, 5) is 43.9. The molecule has 8 heteroatoms. The molecule has 4 rings (SSSR count). The molecule has 8 nitrogen and oxygen atoms in total. The second kappa shape index (κ2) is 10.8. The van der Waals surface area contributed by atoms with E-state index in [2.05, 4.69) is 22.3 Å². The monoisotopic (exact) mass is 464 g/mol. The van der Waals surface area contributed by atoms with Gasteiger partial charge in [-0.25, -0.2) is 0 Å². The molecule has 2 aromatic rings. The van der Waals surface area contributed by atoms with Gasteiger partial charge in [0, 0.05) is 53.2 Å². The molecule has 2 fully saturated rings. The van der Waals surface area contributed by atoms with E-state index < -0.39 is 24.2 Å². The van der Waals surface area contributed by atoms with Crippen LogP contribution in [0.2, 0.25) is 0 Å². The third-order valence-corrected chi connectivity index (χ3v) is 6.26. The maximum absolute atomic E-state index is 12.9. The highest BCUT2D eigenvalue weighted by Crippen LogP contribution is 2.25. The first-order valence-corrected chi connectivity index (χ1v) is 11.7. The largest absolute Gasteiger partial charge is 0.349 e. The van der Waals surface area contributed by atoms with Crippen molar-refractivity contribution in [3.63, 3.8) is 0 Å². The fourth-order valence-electron chi connectivity index (χ4n) is 4.26. The Labute approximate surface area is 200 Å². The summed E-state index contributed by atoms with van der Waals surface area (Å²) in [6, 6.07) is 19.1. The Morgan fingerprint density at radius 2 is 1.50 bits per heavy atom. The van der Waals surface area contributed by atoms with E-state index >= 15 is 0 Å². The lowest BCUT2D eigenvalue weighted by Gasteiger charge is -2.34. The van der Waals surface area contributed by atoms with Crippen LogP contribution in [-0.2, 0) is 32.1 Å². The average Bonchev–Trinajstić information content (AvgIpc) is 3.66. The molecule has 0 bridgehead atoms. The molecule has 3 atom stereocenters. The number of piperazine rings is 1. The molecule has 2 saturated heterocycles. The zero-order chi connectivity index (χ0) is 24.1. The fourth-order valence-corrected chi connectivity index (χ4v) is 4.26. The number of carbonyl (C=O) groups is 3. The van der Waals surface area contributed by atoms with Crippen LogP contribution in [-0.4, -0.2) is 90.9 Å². The second-order valence-electron chi connectivity index (χ2n) is 9.05. The van der Waals surface area contributed by atoms with Gasteiger partial charge in [0.2, 0.25) is 5.91 Å². The lowest BCUT2D eigenvalue weighted by Crippen LogP contribution is -2.51. The van der Waals surface area contributed by atoms with Crippen molar-refractivity contribution in [2.75, 3.05) is 40.3 Å². The number of likely N-dealkylation sites (N-methyl/N-ethyl adjacent to an activating group) is 1. The first-order valence-electron chi connectivity index (χ1n) is 11.7. The summed E-state index contributed by atoms with van der Waals surface area (Å²) in [6.45, 7) is 3.63. The summed E-state index contributed by atoms with van der Waals surface area (Å²) in [5.74, 6) is -0.773. The highest BCUT2D eigenvalue weighted by atomic mass is 16.6. The zero-order valence-electron chi connectivity index (χ0n) is 19.7. The lowest BCUT2D eigenvalue weighted by atomic mass is 10.0. The Balaban J connectivity index is 1.27. The number of epoxide rings is 1. The number of hydrogen-bond acceptors (Lipinski definition) is 5. The van der Waals surface area contributed by atoms with E-state index in [1.165, 1.54) is 10.5 Å². The standard InChI is InChI=1S/C26H32N4O4/c1-28(2)25(32)21(17-19-9-5-3-6-10-19)27-24(31)22-23(34-22)26(33)30-15-13-29(14-16-30)18-20-11-7-4-8-12-20/h3-12,21-23H,13-18H2,1-2H3,(H,27,31)/t21-,22?,23?/m0/s1. The first kappa shape index (κ1) is 23.9. The molecule has 2 unspecified atom stereocenters. The number of ether oxygens (including phenoxy) is 1. The summed E-state index contributed by atoms with van der Waals surface area (Å²) in [5, 5.41) is 2.80. The van der Waals surface area contributed by atoms with Crippen LogP contribution in [0.1, 0.15) is 11.1 Å². The van der Waals surface area contributed by atoms with E-state index in [1.54, 1.807) is 19.0 Å². The van der Waals surface area contributed by atoms with Crippen LogP contribution >= 0.6 is 0 Å². The Kier molecular flexibility index (Phi) is 7.59. The minimum absolute atomic E-state index is 0.155. The van der Waals surface area contributed by atoms with Gasteiger partial charge in [0.1, 0.15) is 6.04 Å².